The lowest BCUT2D eigenvalue weighted by Gasteiger charge is -2.32. The smallest absolute Gasteiger partial charge is 0.415 e. The molecule has 4 rings (SSSR count). The molecule has 2 fully saturated rings. The number of nitrogens with one attached hydrogen (secondary N) is 1. The molecule has 15 heteroatoms. The third-order valence-electron chi connectivity index (χ3n) is 6.55. The van der Waals surface area contributed by atoms with Gasteiger partial charge in [0.2, 0.25) is 0 Å². The lowest BCUT2D eigenvalue weighted by Crippen LogP contribution is -2.56. The number of thioether (sulfide) groups is 2. The number of carbonyl (C=O) groups is 3. The van der Waals surface area contributed by atoms with Crippen molar-refractivity contribution in [3.63, 3.8) is 0 Å². The maximum absolute atomic E-state index is 14.0. The fourth-order valence-corrected chi connectivity index (χ4v) is 8.29. The molecule has 2 aliphatic rings. The predicted octanol–water partition coefficient (Wildman–Crippen LogP) is 2.49. The molecule has 0 aliphatic carbocycles. The van der Waals surface area contributed by atoms with Gasteiger partial charge in [0.05, 0.1) is 12.3 Å². The van der Waals surface area contributed by atoms with Crippen LogP contribution in [0.3, 0.4) is 0 Å². The van der Waals surface area contributed by atoms with Crippen molar-refractivity contribution in [2.24, 2.45) is 7.05 Å². The first-order valence-corrected chi connectivity index (χ1v) is 17.2. The molecule has 2 aliphatic heterocycles. The summed E-state index contributed by atoms with van der Waals surface area (Å²) in [4.78, 5) is 41.4. The van der Waals surface area contributed by atoms with E-state index in [2.05, 4.69) is 10.4 Å². The maximum atomic E-state index is 14.0. The molecule has 0 spiro atoms. The van der Waals surface area contributed by atoms with Gasteiger partial charge in [0.25, 0.3) is 15.9 Å². The average Bonchev–Trinajstić information content (AvgIpc) is 3.54. The van der Waals surface area contributed by atoms with Crippen LogP contribution in [0.5, 0.6) is 5.75 Å². The first-order chi connectivity index (χ1) is 19.8. The number of benzene rings is 1. The molecular weight excluding hydrogens is 603 g/mol. The molecule has 0 saturated carbocycles. The van der Waals surface area contributed by atoms with Crippen LogP contribution in [0, 0.1) is 0 Å². The zero-order valence-corrected chi connectivity index (χ0v) is 26.8. The number of hydrogen-bond acceptors (Lipinski definition) is 11. The van der Waals surface area contributed by atoms with E-state index >= 15 is 0 Å². The Labute approximate surface area is 254 Å². The van der Waals surface area contributed by atoms with Crippen LogP contribution in [0.25, 0.3) is 0 Å². The minimum absolute atomic E-state index is 0.158. The fraction of sp³-hybridized carbons (Fsp3) is 0.556. The first kappa shape index (κ1) is 32.2. The number of hydrogen-bond donors (Lipinski definition) is 1. The van der Waals surface area contributed by atoms with E-state index in [-0.39, 0.29) is 11.3 Å². The molecule has 2 aromatic rings. The number of aryl methyl sites for hydroxylation is 1. The summed E-state index contributed by atoms with van der Waals surface area (Å²) >= 11 is 3.06. The predicted molar refractivity (Wildman–Crippen MR) is 161 cm³/mol. The van der Waals surface area contributed by atoms with Crippen molar-refractivity contribution in [3.05, 3.63) is 42.2 Å². The van der Waals surface area contributed by atoms with Gasteiger partial charge in [-0.25, -0.2) is 22.3 Å². The molecule has 0 bridgehead atoms. The summed E-state index contributed by atoms with van der Waals surface area (Å²) in [5.41, 5.74) is 0.129. The highest BCUT2D eigenvalue weighted by Gasteiger charge is 2.47. The van der Waals surface area contributed by atoms with Gasteiger partial charge < -0.3 is 14.4 Å². The van der Waals surface area contributed by atoms with Crippen molar-refractivity contribution in [2.75, 3.05) is 30.3 Å². The molecule has 230 valence electrons. The Morgan fingerprint density at radius 2 is 1.83 bits per heavy atom. The van der Waals surface area contributed by atoms with Gasteiger partial charge in [-0.1, -0.05) is 12.1 Å². The molecule has 42 heavy (non-hydrogen) atoms. The molecule has 1 aromatic heterocycles. The van der Waals surface area contributed by atoms with Gasteiger partial charge >= 0.3 is 12.1 Å². The summed E-state index contributed by atoms with van der Waals surface area (Å²) in [5, 5.41) is 6.24. The molecule has 12 nitrogen and oxygen atoms in total. The van der Waals surface area contributed by atoms with E-state index in [1.54, 1.807) is 61.8 Å². The third kappa shape index (κ3) is 7.79. The molecule has 3 heterocycles. The number of esters is 1. The van der Waals surface area contributed by atoms with E-state index in [9.17, 15) is 22.8 Å². The molecular formula is C27H37N5O7S3. The summed E-state index contributed by atoms with van der Waals surface area (Å²) < 4.78 is 40.9. The van der Waals surface area contributed by atoms with Crippen LogP contribution in [0.2, 0.25) is 0 Å². The van der Waals surface area contributed by atoms with Gasteiger partial charge in [0, 0.05) is 55.6 Å². The van der Waals surface area contributed by atoms with Crippen LogP contribution >= 0.6 is 23.5 Å². The highest BCUT2D eigenvalue weighted by Crippen LogP contribution is 2.31. The first-order valence-electron chi connectivity index (χ1n) is 13.6. The van der Waals surface area contributed by atoms with Crippen molar-refractivity contribution in [2.45, 2.75) is 62.1 Å². The standard InChI is InChI=1S/C27H37N5O7S3/c1-18(2)38-25(34)22(14-19-6-8-20(9-7-19)39-26(35)31-10-12-40-13-11-31)32(24(33)23-29-27(3,4)17-41-23)42(36,37)21-15-28-30(5)16-21/h6-9,15-16,18,22-23,29H,10-14,17H2,1-5H3/t22-,23-/m0/s1. The van der Waals surface area contributed by atoms with Crippen molar-refractivity contribution in [3.8, 4) is 5.75 Å². The van der Waals surface area contributed by atoms with Gasteiger partial charge in [-0.15, -0.1) is 11.8 Å². The second kappa shape index (κ2) is 13.3. The maximum Gasteiger partial charge on any atom is 0.415 e. The van der Waals surface area contributed by atoms with E-state index in [0.717, 1.165) is 17.7 Å². The van der Waals surface area contributed by atoms with Crippen LogP contribution in [-0.4, -0.2) is 98.8 Å². The number of nitrogens with zero attached hydrogens (tertiary/aromatic N) is 4. The second-order valence-corrected chi connectivity index (χ2v) is 15.2. The Kier molecular flexibility index (Phi) is 10.2. The van der Waals surface area contributed by atoms with Crippen molar-refractivity contribution >= 4 is 51.5 Å². The highest BCUT2D eigenvalue weighted by molar-refractivity contribution is 8.01. The Bertz CT molecular complexity index is 1390. The fourth-order valence-electron chi connectivity index (χ4n) is 4.46. The van der Waals surface area contributed by atoms with E-state index < -0.39 is 51.1 Å². The summed E-state index contributed by atoms with van der Waals surface area (Å²) in [6.45, 7) is 8.35. The Balaban J connectivity index is 1.65. The molecule has 1 N–H and O–H groups in total. The third-order valence-corrected chi connectivity index (χ3v) is 10.8. The number of sulfonamides is 1. The molecule has 1 aromatic carbocycles. The van der Waals surface area contributed by atoms with E-state index in [1.165, 1.54) is 22.6 Å². The molecule has 2 amide bonds. The lowest BCUT2D eigenvalue weighted by molar-refractivity contribution is -0.155. The van der Waals surface area contributed by atoms with Gasteiger partial charge in [0.1, 0.15) is 22.1 Å². The Morgan fingerprint density at radius 1 is 1.17 bits per heavy atom. The van der Waals surface area contributed by atoms with Gasteiger partial charge in [-0.05, 0) is 45.4 Å². The summed E-state index contributed by atoms with van der Waals surface area (Å²) in [7, 11) is -2.96. The van der Waals surface area contributed by atoms with Gasteiger partial charge in [-0.3, -0.25) is 14.8 Å². The number of aromatic nitrogens is 2. The lowest BCUT2D eigenvalue weighted by atomic mass is 10.1. The van der Waals surface area contributed by atoms with Gasteiger partial charge in [-0.2, -0.15) is 16.9 Å². The number of carbonyl (C=O) groups excluding carboxylic acids is 3. The summed E-state index contributed by atoms with van der Waals surface area (Å²) in [6.07, 6.45) is 1.28. The van der Waals surface area contributed by atoms with Crippen LogP contribution in [0.1, 0.15) is 33.3 Å². The molecule has 0 radical (unpaired) electrons. The normalized spacial score (nSPS) is 19.4. The van der Waals surface area contributed by atoms with Crippen LogP contribution in [-0.2, 0) is 37.8 Å². The van der Waals surface area contributed by atoms with Crippen LogP contribution in [0.4, 0.5) is 4.79 Å². The largest absolute Gasteiger partial charge is 0.461 e. The van der Waals surface area contributed by atoms with Crippen LogP contribution < -0.4 is 10.1 Å². The van der Waals surface area contributed by atoms with Crippen molar-refractivity contribution < 1.29 is 32.3 Å². The zero-order valence-electron chi connectivity index (χ0n) is 24.3. The number of ether oxygens (including phenoxy) is 2. The van der Waals surface area contributed by atoms with Crippen molar-refractivity contribution in [1.82, 2.24) is 24.3 Å². The molecule has 2 atom stereocenters. The van der Waals surface area contributed by atoms with E-state index in [4.69, 9.17) is 9.47 Å². The zero-order chi connectivity index (χ0) is 30.7. The topological polar surface area (TPSA) is 140 Å². The minimum atomic E-state index is -4.52. The second-order valence-electron chi connectivity index (χ2n) is 11.0. The molecule has 0 unspecified atom stereocenters. The Hall–Kier alpha value is -2.75. The van der Waals surface area contributed by atoms with Gasteiger partial charge in [0.15, 0.2) is 0 Å². The highest BCUT2D eigenvalue weighted by atomic mass is 32.2. The number of rotatable bonds is 9. The quantitative estimate of drug-likeness (QED) is 0.405. The van der Waals surface area contributed by atoms with Crippen molar-refractivity contribution in [1.29, 1.82) is 0 Å². The average molecular weight is 640 g/mol. The van der Waals surface area contributed by atoms with E-state index in [1.807, 2.05) is 13.8 Å². The SMILES string of the molecule is CC(C)OC(=O)[C@H](Cc1ccc(OC(=O)N2CCSCC2)cc1)N(C(=O)[C@H]1NC(C)(C)CS1)S(=O)(=O)c1cnn(C)c1. The molecule has 2 saturated heterocycles. The summed E-state index contributed by atoms with van der Waals surface area (Å²) in [6, 6.07) is 4.92. The summed E-state index contributed by atoms with van der Waals surface area (Å²) in [5.74, 6) is 0.962. The van der Waals surface area contributed by atoms with E-state index in [0.29, 0.717) is 34.5 Å². The Morgan fingerprint density at radius 3 is 2.38 bits per heavy atom. The monoisotopic (exact) mass is 639 g/mol. The number of amides is 2. The van der Waals surface area contributed by atoms with Crippen LogP contribution in [0.15, 0.2) is 41.6 Å². The minimum Gasteiger partial charge on any atom is -0.461 e.